The average molecular weight is 375 g/mol. The van der Waals surface area contributed by atoms with Crippen molar-refractivity contribution in [3.8, 4) is 0 Å². The van der Waals surface area contributed by atoms with Gasteiger partial charge < -0.3 is 4.52 Å². The van der Waals surface area contributed by atoms with Crippen LogP contribution in [-0.2, 0) is 30.7 Å². The lowest BCUT2D eigenvalue weighted by Crippen LogP contribution is -2.51. The molecule has 5 heteroatoms. The number of carbonyl (C=O) groups is 1. The van der Waals surface area contributed by atoms with Gasteiger partial charge in [0, 0.05) is 34.6 Å². The molecule has 2 aliphatic rings. The van der Waals surface area contributed by atoms with E-state index in [0.717, 1.165) is 47.5 Å². The number of fused-ring (bicyclic) bond motifs is 4. The second kappa shape index (κ2) is 5.66. The van der Waals surface area contributed by atoms with Gasteiger partial charge in [-0.15, -0.1) is 0 Å². The lowest BCUT2D eigenvalue weighted by molar-refractivity contribution is 0.102. The van der Waals surface area contributed by atoms with E-state index in [-0.39, 0.29) is 16.6 Å². The minimum atomic E-state index is -0.136. The third-order valence-electron chi connectivity index (χ3n) is 7.05. The van der Waals surface area contributed by atoms with Crippen molar-refractivity contribution in [2.45, 2.75) is 50.9 Å². The van der Waals surface area contributed by atoms with E-state index in [2.05, 4.69) is 25.9 Å². The van der Waals surface area contributed by atoms with Crippen LogP contribution in [0.4, 0.5) is 0 Å². The summed E-state index contributed by atoms with van der Waals surface area (Å²) in [6.07, 6.45) is 4.58. The molecule has 5 nitrogen and oxygen atoms in total. The summed E-state index contributed by atoms with van der Waals surface area (Å²) in [5.74, 6) is 1.46. The van der Waals surface area contributed by atoms with Crippen LogP contribution in [0.3, 0.4) is 0 Å². The molecule has 2 heterocycles. The number of aromatic nitrogens is 3. The fourth-order valence-electron chi connectivity index (χ4n) is 5.88. The quantitative estimate of drug-likeness (QED) is 0.636. The second-order valence-corrected chi connectivity index (χ2v) is 9.08. The monoisotopic (exact) mass is 375 g/mol. The Morgan fingerprint density at radius 1 is 1.21 bits per heavy atom. The Kier molecular flexibility index (Phi) is 3.52. The van der Waals surface area contributed by atoms with Crippen LogP contribution in [0.5, 0.6) is 0 Å². The first-order valence-corrected chi connectivity index (χ1v) is 9.94. The molecule has 28 heavy (non-hydrogen) atoms. The fraction of sp³-hybridized carbons (Fsp3) is 0.435. The van der Waals surface area contributed by atoms with Crippen molar-refractivity contribution in [2.75, 3.05) is 0 Å². The van der Waals surface area contributed by atoms with Crippen molar-refractivity contribution < 1.29 is 9.32 Å². The zero-order valence-electron chi connectivity index (χ0n) is 16.8. The highest BCUT2D eigenvalue weighted by atomic mass is 16.5. The molecule has 0 fully saturated rings. The molecule has 0 amide bonds. The highest BCUT2D eigenvalue weighted by molar-refractivity contribution is 6.09. The van der Waals surface area contributed by atoms with Crippen molar-refractivity contribution in [3.63, 3.8) is 0 Å². The number of benzene rings is 1. The van der Waals surface area contributed by atoms with E-state index >= 15 is 0 Å². The van der Waals surface area contributed by atoms with Gasteiger partial charge >= 0.3 is 0 Å². The van der Waals surface area contributed by atoms with Gasteiger partial charge in [-0.3, -0.25) is 9.48 Å². The van der Waals surface area contributed by atoms with Crippen molar-refractivity contribution in [1.82, 2.24) is 14.9 Å². The summed E-state index contributed by atoms with van der Waals surface area (Å²) < 4.78 is 7.44. The van der Waals surface area contributed by atoms with Gasteiger partial charge in [0.2, 0.25) is 5.78 Å². The third-order valence-corrected chi connectivity index (χ3v) is 7.05. The van der Waals surface area contributed by atoms with Gasteiger partial charge in [0.15, 0.2) is 0 Å². The zero-order valence-corrected chi connectivity index (χ0v) is 16.8. The van der Waals surface area contributed by atoms with Crippen LogP contribution in [0.2, 0.25) is 0 Å². The number of aryl methyl sites for hydroxylation is 1. The molecule has 0 aliphatic heterocycles. The molecule has 3 aromatic rings. The van der Waals surface area contributed by atoms with Crippen LogP contribution < -0.4 is 0 Å². The van der Waals surface area contributed by atoms with Crippen LogP contribution in [0.25, 0.3) is 0 Å². The second-order valence-electron chi connectivity index (χ2n) is 9.08. The number of carbonyl (C=O) groups excluding carboxylic acids is 1. The fourth-order valence-corrected chi connectivity index (χ4v) is 5.88. The largest absolute Gasteiger partial charge is 0.361 e. The van der Waals surface area contributed by atoms with Crippen LogP contribution in [0, 0.1) is 5.92 Å². The summed E-state index contributed by atoms with van der Waals surface area (Å²) in [6, 6.07) is 9.50. The zero-order chi connectivity index (χ0) is 19.7. The van der Waals surface area contributed by atoms with E-state index in [1.165, 1.54) is 0 Å². The van der Waals surface area contributed by atoms with Crippen LogP contribution in [0.15, 0.2) is 41.1 Å². The topological polar surface area (TPSA) is 60.9 Å². The van der Waals surface area contributed by atoms with Gasteiger partial charge in [-0.1, -0.05) is 56.3 Å². The molecule has 0 N–H and O–H groups in total. The van der Waals surface area contributed by atoms with Crippen LogP contribution >= 0.6 is 0 Å². The SMILES string of the molecule is Cn1nc2c(c1C(=O)c1ccccc1)CC[C@H]1C(C)(C)c3oncc3CC21C. The molecule has 2 aromatic heterocycles. The molecule has 2 aliphatic carbocycles. The summed E-state index contributed by atoms with van der Waals surface area (Å²) in [5, 5.41) is 9.00. The van der Waals surface area contributed by atoms with Crippen LogP contribution in [0.1, 0.15) is 65.8 Å². The number of nitrogens with zero attached hydrogens (tertiary/aromatic N) is 3. The van der Waals surface area contributed by atoms with Gasteiger partial charge in [0.1, 0.15) is 11.5 Å². The summed E-state index contributed by atoms with van der Waals surface area (Å²) >= 11 is 0. The standard InChI is InChI=1S/C23H25N3O2/c1-22(2)17-11-10-16-18(19(27)14-8-6-5-7-9-14)26(4)25-20(16)23(17,3)12-15-13-24-28-21(15)22/h5-9,13,17H,10-12H2,1-4H3/t17-,23?/m0/s1. The Balaban J connectivity index is 1.66. The highest BCUT2D eigenvalue weighted by Gasteiger charge is 2.56. The number of ketones is 1. The Morgan fingerprint density at radius 3 is 2.71 bits per heavy atom. The first-order valence-electron chi connectivity index (χ1n) is 9.94. The maximum Gasteiger partial charge on any atom is 0.211 e. The van der Waals surface area contributed by atoms with Gasteiger partial charge in [0.25, 0.3) is 0 Å². The molecular weight excluding hydrogens is 350 g/mol. The normalized spacial score (nSPS) is 24.9. The number of hydrogen-bond donors (Lipinski definition) is 0. The van der Waals surface area contributed by atoms with Crippen molar-refractivity contribution in [1.29, 1.82) is 0 Å². The summed E-state index contributed by atoms with van der Waals surface area (Å²) in [6.45, 7) is 6.81. The van der Waals surface area contributed by atoms with Crippen molar-refractivity contribution >= 4 is 5.78 Å². The molecule has 1 unspecified atom stereocenters. The first kappa shape index (κ1) is 17.4. The smallest absolute Gasteiger partial charge is 0.211 e. The lowest BCUT2D eigenvalue weighted by atomic mass is 9.51. The number of rotatable bonds is 2. The molecular formula is C23H25N3O2. The van der Waals surface area contributed by atoms with E-state index in [1.54, 1.807) is 4.68 Å². The van der Waals surface area contributed by atoms with Crippen LogP contribution in [-0.4, -0.2) is 20.7 Å². The highest BCUT2D eigenvalue weighted by Crippen LogP contribution is 2.56. The Labute approximate surface area is 164 Å². The average Bonchev–Trinajstić information content (AvgIpc) is 3.26. The van der Waals surface area contributed by atoms with Gasteiger partial charge in [-0.2, -0.15) is 5.10 Å². The minimum absolute atomic E-state index is 0.0552. The maximum absolute atomic E-state index is 13.3. The minimum Gasteiger partial charge on any atom is -0.361 e. The van der Waals surface area contributed by atoms with E-state index in [1.807, 2.05) is 43.6 Å². The molecule has 0 radical (unpaired) electrons. The summed E-state index contributed by atoms with van der Waals surface area (Å²) in [7, 11) is 1.89. The van der Waals surface area contributed by atoms with E-state index < -0.39 is 0 Å². The summed E-state index contributed by atoms with van der Waals surface area (Å²) in [4.78, 5) is 13.3. The van der Waals surface area contributed by atoms with Crippen molar-refractivity contribution in [3.05, 3.63) is 70.4 Å². The van der Waals surface area contributed by atoms with Gasteiger partial charge in [-0.05, 0) is 25.2 Å². The van der Waals surface area contributed by atoms with Gasteiger partial charge in [-0.25, -0.2) is 0 Å². The Morgan fingerprint density at radius 2 is 1.96 bits per heavy atom. The number of hydrogen-bond acceptors (Lipinski definition) is 4. The lowest BCUT2D eigenvalue weighted by Gasteiger charge is -2.51. The molecule has 1 aromatic carbocycles. The molecule has 0 bridgehead atoms. The predicted molar refractivity (Wildman–Crippen MR) is 105 cm³/mol. The first-order chi connectivity index (χ1) is 13.3. The molecule has 144 valence electrons. The molecule has 5 rings (SSSR count). The molecule has 0 saturated heterocycles. The summed E-state index contributed by atoms with van der Waals surface area (Å²) in [5.41, 5.74) is 4.55. The Hall–Kier alpha value is -2.69. The molecule has 0 saturated carbocycles. The Bertz CT molecular complexity index is 1080. The molecule has 0 spiro atoms. The van der Waals surface area contributed by atoms with Crippen molar-refractivity contribution in [2.24, 2.45) is 13.0 Å². The van der Waals surface area contributed by atoms with Gasteiger partial charge in [0.05, 0.1) is 11.9 Å². The maximum atomic E-state index is 13.3. The third kappa shape index (κ3) is 2.16. The molecule has 2 atom stereocenters. The van der Waals surface area contributed by atoms with E-state index in [0.29, 0.717) is 11.5 Å². The predicted octanol–water partition coefficient (Wildman–Crippen LogP) is 3.99. The van der Waals surface area contributed by atoms with E-state index in [4.69, 9.17) is 9.62 Å². The van der Waals surface area contributed by atoms with E-state index in [9.17, 15) is 4.79 Å².